The lowest BCUT2D eigenvalue weighted by Crippen LogP contribution is -2.37. The lowest BCUT2D eigenvalue weighted by atomic mass is 10.1. The molecule has 16 heavy (non-hydrogen) atoms. The van der Waals surface area contributed by atoms with Gasteiger partial charge in [-0.25, -0.2) is 8.42 Å². The smallest absolute Gasteiger partial charge is 0.206 e. The quantitative estimate of drug-likeness (QED) is 0.787. The van der Waals surface area contributed by atoms with Crippen LogP contribution in [-0.4, -0.2) is 17.3 Å². The summed E-state index contributed by atoms with van der Waals surface area (Å²) in [6, 6.07) is 6.81. The van der Waals surface area contributed by atoms with Gasteiger partial charge in [0.25, 0.3) is 10.0 Å². The molecule has 0 fully saturated rings. The Balaban J connectivity index is 3.17. The molecule has 0 spiro atoms. The van der Waals surface area contributed by atoms with Crippen LogP contribution in [0.15, 0.2) is 29.2 Å². The molecule has 0 atom stereocenters. The maximum atomic E-state index is 12.2. The predicted octanol–water partition coefficient (Wildman–Crippen LogP) is 3.09. The highest BCUT2D eigenvalue weighted by molar-refractivity contribution is 9.08. The molecule has 0 aliphatic heterocycles. The number of benzene rings is 1. The summed E-state index contributed by atoms with van der Waals surface area (Å²) < 4.78 is 25.5. The molecule has 0 radical (unpaired) electrons. The van der Waals surface area contributed by atoms with E-state index in [1.807, 2.05) is 27.7 Å². The van der Waals surface area contributed by atoms with Crippen LogP contribution >= 0.6 is 16.1 Å². The van der Waals surface area contributed by atoms with E-state index in [0.29, 0.717) is 4.90 Å². The third-order valence-electron chi connectivity index (χ3n) is 2.06. The molecule has 0 saturated heterocycles. The van der Waals surface area contributed by atoms with E-state index in [-0.39, 0.29) is 0 Å². The lowest BCUT2D eigenvalue weighted by Gasteiger charge is -2.28. The highest BCUT2D eigenvalue weighted by Gasteiger charge is 2.32. The first-order chi connectivity index (χ1) is 7.15. The van der Waals surface area contributed by atoms with Gasteiger partial charge in [0, 0.05) is 21.7 Å². The van der Waals surface area contributed by atoms with Crippen LogP contribution in [-0.2, 0) is 10.0 Å². The van der Waals surface area contributed by atoms with Crippen LogP contribution in [0.4, 0.5) is 0 Å². The van der Waals surface area contributed by atoms with E-state index in [9.17, 15) is 8.42 Å². The fraction of sp³-hybridized carbons (Fsp3) is 0.455. The Morgan fingerprint density at radius 2 is 1.56 bits per heavy atom. The Morgan fingerprint density at radius 1 is 1.12 bits per heavy atom. The third kappa shape index (κ3) is 2.84. The first kappa shape index (κ1) is 13.7. The largest absolute Gasteiger partial charge is 0.253 e. The van der Waals surface area contributed by atoms with E-state index < -0.39 is 15.6 Å². The summed E-state index contributed by atoms with van der Waals surface area (Å²) in [5, 5.41) is 0. The fourth-order valence-electron chi connectivity index (χ4n) is 1.16. The zero-order chi connectivity index (χ0) is 12.6. The van der Waals surface area contributed by atoms with Gasteiger partial charge in [0.15, 0.2) is 0 Å². The summed E-state index contributed by atoms with van der Waals surface area (Å²) in [6.45, 7) is 7.40. The van der Waals surface area contributed by atoms with Crippen LogP contribution in [0, 0.1) is 6.92 Å². The number of hydrogen-bond donors (Lipinski definition) is 0. The second kappa shape index (κ2) is 4.47. The van der Waals surface area contributed by atoms with Gasteiger partial charge in [-0.2, -0.15) is 0 Å². The second-order valence-corrected chi connectivity index (χ2v) is 7.67. The third-order valence-corrected chi connectivity index (χ3v) is 6.10. The van der Waals surface area contributed by atoms with Gasteiger partial charge in [-0.3, -0.25) is 0 Å². The number of hydrogen-bond acceptors (Lipinski definition) is 2. The summed E-state index contributed by atoms with van der Waals surface area (Å²) in [5.74, 6) is 0. The first-order valence-corrected chi connectivity index (χ1v) is 7.08. The van der Waals surface area contributed by atoms with Crippen molar-refractivity contribution in [3.63, 3.8) is 0 Å². The van der Waals surface area contributed by atoms with Crippen LogP contribution in [0.3, 0.4) is 0 Å². The average molecular weight is 306 g/mol. The Morgan fingerprint density at radius 3 is 1.94 bits per heavy atom. The average Bonchev–Trinajstić information content (AvgIpc) is 2.16. The highest BCUT2D eigenvalue weighted by Crippen LogP contribution is 2.27. The van der Waals surface area contributed by atoms with Crippen LogP contribution < -0.4 is 0 Å². The van der Waals surface area contributed by atoms with Crippen molar-refractivity contribution in [3.05, 3.63) is 29.8 Å². The first-order valence-electron chi connectivity index (χ1n) is 4.93. The molecule has 0 unspecified atom stereocenters. The summed E-state index contributed by atoms with van der Waals surface area (Å²) in [7, 11) is -3.46. The van der Waals surface area contributed by atoms with E-state index in [0.717, 1.165) is 5.56 Å². The molecule has 0 amide bonds. The normalized spacial score (nSPS) is 13.1. The van der Waals surface area contributed by atoms with Gasteiger partial charge >= 0.3 is 0 Å². The van der Waals surface area contributed by atoms with Crippen molar-refractivity contribution >= 4 is 26.2 Å². The standard InChI is InChI=1S/C11H16BrNO2S/c1-9-5-7-10(8-6-9)16(14,15)13(12)11(2,3)4/h5-8H,1-4H3. The minimum absolute atomic E-state index is 0.296. The van der Waals surface area contributed by atoms with Gasteiger partial charge in [-0.05, 0) is 39.8 Å². The number of nitrogens with zero attached hydrogens (tertiary/aromatic N) is 1. The van der Waals surface area contributed by atoms with Crippen LogP contribution in [0.5, 0.6) is 0 Å². The molecule has 0 saturated carbocycles. The van der Waals surface area contributed by atoms with Gasteiger partial charge in [0.05, 0.1) is 4.90 Å². The number of rotatable bonds is 2. The molecule has 1 aromatic rings. The molecule has 0 bridgehead atoms. The maximum Gasteiger partial charge on any atom is 0.253 e. The highest BCUT2D eigenvalue weighted by atomic mass is 79.9. The maximum absolute atomic E-state index is 12.2. The topological polar surface area (TPSA) is 37.4 Å². The Kier molecular flexibility index (Phi) is 3.82. The molecule has 3 nitrogen and oxygen atoms in total. The molecule has 1 rings (SSSR count). The Hall–Kier alpha value is -0.390. The van der Waals surface area contributed by atoms with Gasteiger partial charge in [-0.1, -0.05) is 17.7 Å². The zero-order valence-corrected chi connectivity index (χ0v) is 12.3. The van der Waals surface area contributed by atoms with Crippen molar-refractivity contribution in [1.82, 2.24) is 3.33 Å². The van der Waals surface area contributed by atoms with Crippen molar-refractivity contribution in [1.29, 1.82) is 0 Å². The summed E-state index contributed by atoms with van der Waals surface area (Å²) in [6.07, 6.45) is 0. The molecule has 1 aromatic carbocycles. The molecule has 0 aromatic heterocycles. The van der Waals surface area contributed by atoms with Crippen molar-refractivity contribution < 1.29 is 8.42 Å². The van der Waals surface area contributed by atoms with Crippen molar-refractivity contribution in [3.8, 4) is 0 Å². The van der Waals surface area contributed by atoms with Crippen LogP contribution in [0.1, 0.15) is 26.3 Å². The SMILES string of the molecule is Cc1ccc(S(=O)(=O)N(Br)C(C)(C)C)cc1. The molecule has 0 N–H and O–H groups in total. The van der Waals surface area contributed by atoms with E-state index in [2.05, 4.69) is 16.1 Å². The number of sulfonamides is 1. The molecule has 0 aliphatic carbocycles. The zero-order valence-electron chi connectivity index (χ0n) is 9.86. The summed E-state index contributed by atoms with van der Waals surface area (Å²) in [4.78, 5) is 0.296. The van der Waals surface area contributed by atoms with Gasteiger partial charge in [-0.15, -0.1) is 3.33 Å². The predicted molar refractivity (Wildman–Crippen MR) is 68.9 cm³/mol. The molecule has 0 aliphatic rings. The van der Waals surface area contributed by atoms with Gasteiger partial charge in [0.1, 0.15) is 0 Å². The number of halogens is 1. The van der Waals surface area contributed by atoms with Gasteiger partial charge < -0.3 is 0 Å². The van der Waals surface area contributed by atoms with Crippen LogP contribution in [0.2, 0.25) is 0 Å². The van der Waals surface area contributed by atoms with Crippen LogP contribution in [0.25, 0.3) is 0 Å². The van der Waals surface area contributed by atoms with E-state index in [1.165, 1.54) is 3.33 Å². The van der Waals surface area contributed by atoms with Crippen molar-refractivity contribution in [2.45, 2.75) is 38.1 Å². The molecular weight excluding hydrogens is 290 g/mol. The van der Waals surface area contributed by atoms with E-state index >= 15 is 0 Å². The van der Waals surface area contributed by atoms with E-state index in [4.69, 9.17) is 0 Å². The molecule has 5 heteroatoms. The fourth-order valence-corrected chi connectivity index (χ4v) is 3.05. The summed E-state index contributed by atoms with van der Waals surface area (Å²) in [5.41, 5.74) is 0.541. The molecular formula is C11H16BrNO2S. The Labute approximate surface area is 106 Å². The monoisotopic (exact) mass is 305 g/mol. The molecule has 90 valence electrons. The Bertz CT molecular complexity index is 460. The molecule has 0 heterocycles. The minimum Gasteiger partial charge on any atom is -0.206 e. The van der Waals surface area contributed by atoms with Crippen molar-refractivity contribution in [2.75, 3.05) is 0 Å². The van der Waals surface area contributed by atoms with Gasteiger partial charge in [0.2, 0.25) is 0 Å². The second-order valence-electron chi connectivity index (χ2n) is 4.70. The number of aryl methyl sites for hydroxylation is 1. The minimum atomic E-state index is -3.46. The van der Waals surface area contributed by atoms with E-state index in [1.54, 1.807) is 24.3 Å². The summed E-state index contributed by atoms with van der Waals surface area (Å²) >= 11 is 3.12. The van der Waals surface area contributed by atoms with Crippen molar-refractivity contribution in [2.24, 2.45) is 0 Å². The lowest BCUT2D eigenvalue weighted by molar-refractivity contribution is 0.388.